The summed E-state index contributed by atoms with van der Waals surface area (Å²) in [7, 11) is 7.30. The Morgan fingerprint density at radius 2 is 2.00 bits per heavy atom. The molecule has 0 spiro atoms. The molecular formula is C5H14FN2OP2+. The zero-order valence-corrected chi connectivity index (χ0v) is 9.25. The van der Waals surface area contributed by atoms with E-state index in [4.69, 9.17) is 4.52 Å². The van der Waals surface area contributed by atoms with E-state index in [0.717, 1.165) is 0 Å². The standard InChI is InChI=1S/C5H14FN2OP2/c1-7(2)5(8(3)4)9-11(6)10/h10H2,1-4H3/q+1. The van der Waals surface area contributed by atoms with Gasteiger partial charge in [-0.25, -0.2) is 9.48 Å². The Hall–Kier alpha value is 0.0600. The van der Waals surface area contributed by atoms with E-state index >= 15 is 0 Å². The van der Waals surface area contributed by atoms with Crippen LogP contribution in [0.15, 0.2) is 0 Å². The molecule has 0 saturated heterocycles. The summed E-state index contributed by atoms with van der Waals surface area (Å²) in [4.78, 5) is 1.72. The minimum absolute atomic E-state index is 0.522. The second kappa shape index (κ2) is 4.84. The van der Waals surface area contributed by atoms with Gasteiger partial charge in [0, 0.05) is 0 Å². The predicted molar refractivity (Wildman–Crippen MR) is 49.6 cm³/mol. The normalized spacial score (nSPS) is 12.2. The number of hydrogen-bond acceptors (Lipinski definition) is 1. The quantitative estimate of drug-likeness (QED) is 0.273. The van der Waals surface area contributed by atoms with Gasteiger partial charge in [-0.3, -0.25) is 0 Å². The van der Waals surface area contributed by atoms with Gasteiger partial charge in [-0.2, -0.15) is 4.20 Å². The molecule has 0 aromatic carbocycles. The van der Waals surface area contributed by atoms with Crippen molar-refractivity contribution in [2.24, 2.45) is 0 Å². The lowest BCUT2D eigenvalue weighted by Gasteiger charge is -2.10. The van der Waals surface area contributed by atoms with Crippen molar-refractivity contribution in [2.75, 3.05) is 28.2 Å². The van der Waals surface area contributed by atoms with Crippen LogP contribution in [0.1, 0.15) is 0 Å². The number of nitrogens with zero attached hydrogens (tertiary/aromatic N) is 2. The molecule has 0 N–H and O–H groups in total. The van der Waals surface area contributed by atoms with Crippen LogP contribution in [0.25, 0.3) is 0 Å². The Morgan fingerprint density at radius 1 is 1.55 bits per heavy atom. The highest BCUT2D eigenvalue weighted by Gasteiger charge is 2.16. The van der Waals surface area contributed by atoms with Gasteiger partial charge in [-0.05, 0) is 8.93 Å². The number of halogens is 1. The summed E-state index contributed by atoms with van der Waals surface area (Å²) in [5.74, 6) is 0. The molecule has 2 unspecified atom stereocenters. The molecule has 0 radical (unpaired) electrons. The molecule has 66 valence electrons. The number of rotatable bonds is 1. The molecule has 0 aliphatic carbocycles. The minimum atomic E-state index is -1.91. The van der Waals surface area contributed by atoms with Gasteiger partial charge in [0.15, 0.2) is 0 Å². The smallest absolute Gasteiger partial charge is 0.375 e. The molecule has 0 saturated carbocycles. The van der Waals surface area contributed by atoms with Crippen molar-refractivity contribution in [3.63, 3.8) is 0 Å². The second-order valence-corrected chi connectivity index (χ2v) is 4.38. The SMILES string of the molecule is CN(C)C(OP(F)P)=[N+](C)C. The Bertz CT molecular complexity index is 157. The first-order valence-corrected chi connectivity index (χ1v) is 5.82. The second-order valence-electron chi connectivity index (χ2n) is 2.43. The van der Waals surface area contributed by atoms with Crippen molar-refractivity contribution >= 4 is 23.1 Å². The highest BCUT2D eigenvalue weighted by atomic mass is 32.0. The fourth-order valence-electron chi connectivity index (χ4n) is 0.641. The zero-order valence-electron chi connectivity index (χ0n) is 7.21. The molecule has 0 bridgehead atoms. The lowest BCUT2D eigenvalue weighted by Crippen LogP contribution is -2.30. The molecule has 6 heteroatoms. The third-order valence-electron chi connectivity index (χ3n) is 0.934. The van der Waals surface area contributed by atoms with Gasteiger partial charge in [0.05, 0.1) is 28.2 Å². The van der Waals surface area contributed by atoms with Gasteiger partial charge in [0.2, 0.25) is 0 Å². The van der Waals surface area contributed by atoms with Gasteiger partial charge < -0.3 is 4.52 Å². The zero-order chi connectivity index (χ0) is 9.02. The Labute approximate surface area is 70.3 Å². The highest BCUT2D eigenvalue weighted by molar-refractivity contribution is 8.08. The number of amidine groups is 1. The lowest BCUT2D eigenvalue weighted by atomic mass is 10.8. The van der Waals surface area contributed by atoms with Crippen molar-refractivity contribution in [3.8, 4) is 0 Å². The first-order valence-electron chi connectivity index (χ1n) is 3.05. The highest BCUT2D eigenvalue weighted by Crippen LogP contribution is 2.47. The van der Waals surface area contributed by atoms with Crippen LogP contribution in [-0.4, -0.2) is 43.7 Å². The van der Waals surface area contributed by atoms with Crippen molar-refractivity contribution in [1.29, 1.82) is 0 Å². The molecule has 0 aromatic rings. The maximum atomic E-state index is 12.4. The van der Waals surface area contributed by atoms with E-state index in [0.29, 0.717) is 6.02 Å². The van der Waals surface area contributed by atoms with E-state index < -0.39 is 8.15 Å². The Balaban J connectivity index is 4.26. The molecule has 0 rings (SSSR count). The van der Waals surface area contributed by atoms with Crippen molar-refractivity contribution in [3.05, 3.63) is 0 Å². The summed E-state index contributed by atoms with van der Waals surface area (Å²) in [6.07, 6.45) is 0. The largest absolute Gasteiger partial charge is 0.450 e. The Morgan fingerprint density at radius 3 is 2.09 bits per heavy atom. The maximum absolute atomic E-state index is 12.4. The van der Waals surface area contributed by atoms with Gasteiger partial charge in [-0.15, -0.1) is 0 Å². The van der Waals surface area contributed by atoms with Crippen molar-refractivity contribution < 1.29 is 13.3 Å². The minimum Gasteiger partial charge on any atom is -0.375 e. The lowest BCUT2D eigenvalue weighted by molar-refractivity contribution is -0.478. The summed E-state index contributed by atoms with van der Waals surface area (Å²) in [5, 5.41) is 0. The van der Waals surface area contributed by atoms with Crippen LogP contribution in [-0.2, 0) is 4.52 Å². The van der Waals surface area contributed by atoms with Crippen LogP contribution in [0.5, 0.6) is 0 Å². The van der Waals surface area contributed by atoms with Crippen molar-refractivity contribution in [2.45, 2.75) is 0 Å². The van der Waals surface area contributed by atoms with Crippen LogP contribution in [0.2, 0.25) is 0 Å². The van der Waals surface area contributed by atoms with Gasteiger partial charge in [0.1, 0.15) is 0 Å². The summed E-state index contributed by atoms with van der Waals surface area (Å²) in [6.45, 7) is 0. The average molecular weight is 199 g/mol. The summed E-state index contributed by atoms with van der Waals surface area (Å²) < 4.78 is 19.0. The molecule has 2 atom stereocenters. The summed E-state index contributed by atoms with van der Waals surface area (Å²) in [6, 6.07) is 0.522. The fraction of sp³-hybridized carbons (Fsp3) is 0.800. The summed E-state index contributed by atoms with van der Waals surface area (Å²) >= 11 is 0. The third kappa shape index (κ3) is 4.49. The fourth-order valence-corrected chi connectivity index (χ4v) is 1.41. The number of hydrogen-bond donors (Lipinski definition) is 0. The van der Waals surface area contributed by atoms with E-state index in [2.05, 4.69) is 0 Å². The molecule has 0 aliphatic heterocycles. The van der Waals surface area contributed by atoms with Gasteiger partial charge in [0.25, 0.3) is 8.15 Å². The van der Waals surface area contributed by atoms with Gasteiger partial charge in [-0.1, -0.05) is 0 Å². The molecule has 11 heavy (non-hydrogen) atoms. The van der Waals surface area contributed by atoms with E-state index in [-0.39, 0.29) is 0 Å². The third-order valence-corrected chi connectivity index (χ3v) is 1.59. The molecule has 0 amide bonds. The molecule has 0 fully saturated rings. The van der Waals surface area contributed by atoms with Crippen molar-refractivity contribution in [1.82, 2.24) is 4.90 Å². The van der Waals surface area contributed by atoms with E-state index in [9.17, 15) is 4.20 Å². The Kier molecular flexibility index (Phi) is 4.87. The molecule has 0 aliphatic rings. The summed E-state index contributed by atoms with van der Waals surface area (Å²) in [5.41, 5.74) is 0. The first kappa shape index (κ1) is 11.1. The van der Waals surface area contributed by atoms with Crippen LogP contribution < -0.4 is 0 Å². The van der Waals surface area contributed by atoms with E-state index in [1.807, 2.05) is 8.93 Å². The van der Waals surface area contributed by atoms with Crippen LogP contribution in [0, 0.1) is 0 Å². The first-order chi connectivity index (χ1) is 4.95. The average Bonchev–Trinajstić information content (AvgIpc) is 1.81. The van der Waals surface area contributed by atoms with Crippen LogP contribution in [0.3, 0.4) is 0 Å². The van der Waals surface area contributed by atoms with Crippen LogP contribution in [0.4, 0.5) is 4.20 Å². The molecule has 3 nitrogen and oxygen atoms in total. The molecule has 0 heterocycles. The van der Waals surface area contributed by atoms with Crippen LogP contribution >= 0.6 is 17.1 Å². The predicted octanol–water partition coefficient (Wildman–Crippen LogP) is 1.26. The van der Waals surface area contributed by atoms with E-state index in [1.54, 1.807) is 37.7 Å². The molecule has 0 aromatic heterocycles. The topological polar surface area (TPSA) is 15.5 Å². The molecular weight excluding hydrogens is 185 g/mol. The monoisotopic (exact) mass is 199 g/mol. The van der Waals surface area contributed by atoms with Gasteiger partial charge >= 0.3 is 6.02 Å². The maximum Gasteiger partial charge on any atom is 0.450 e. The van der Waals surface area contributed by atoms with E-state index in [1.165, 1.54) is 0 Å².